The molecule has 2 aromatic carbocycles. The first-order valence-electron chi connectivity index (χ1n) is 9.69. The van der Waals surface area contributed by atoms with Crippen LogP contribution in [-0.4, -0.2) is 36.2 Å². The van der Waals surface area contributed by atoms with Crippen molar-refractivity contribution in [3.8, 4) is 5.75 Å². The Morgan fingerprint density at radius 1 is 1.00 bits per heavy atom. The van der Waals surface area contributed by atoms with Gasteiger partial charge in [0.1, 0.15) is 11.9 Å². The van der Waals surface area contributed by atoms with Crippen LogP contribution in [0.2, 0.25) is 0 Å². The Bertz CT molecular complexity index is 711. The van der Waals surface area contributed by atoms with Gasteiger partial charge in [0.15, 0.2) is 0 Å². The number of rotatable bonds is 7. The Morgan fingerprint density at radius 2 is 1.64 bits per heavy atom. The molecule has 0 radical (unpaired) electrons. The molecule has 3 nitrogen and oxygen atoms in total. The molecule has 1 fully saturated rings. The number of hydrogen-bond donors (Lipinski definition) is 1. The van der Waals surface area contributed by atoms with E-state index >= 15 is 0 Å². The summed E-state index contributed by atoms with van der Waals surface area (Å²) >= 11 is 0. The van der Waals surface area contributed by atoms with Gasteiger partial charge in [0.25, 0.3) is 0 Å². The summed E-state index contributed by atoms with van der Waals surface area (Å²) < 4.78 is 45.0. The lowest BCUT2D eigenvalue weighted by atomic mass is 9.87. The van der Waals surface area contributed by atoms with Crippen molar-refractivity contribution in [3.63, 3.8) is 0 Å². The molecule has 152 valence electrons. The van der Waals surface area contributed by atoms with E-state index in [1.165, 1.54) is 12.1 Å². The first-order valence-corrected chi connectivity index (χ1v) is 9.69. The van der Waals surface area contributed by atoms with Crippen LogP contribution in [0.4, 0.5) is 13.2 Å². The number of benzene rings is 2. The Balaban J connectivity index is 1.76. The third-order valence-corrected chi connectivity index (χ3v) is 5.27. The van der Waals surface area contributed by atoms with Crippen LogP contribution in [0.3, 0.4) is 0 Å². The Hall–Kier alpha value is -2.05. The van der Waals surface area contributed by atoms with Gasteiger partial charge < -0.3 is 14.7 Å². The monoisotopic (exact) mass is 393 g/mol. The van der Waals surface area contributed by atoms with Crippen molar-refractivity contribution < 1.29 is 23.0 Å². The third kappa shape index (κ3) is 5.49. The quantitative estimate of drug-likeness (QED) is 0.725. The van der Waals surface area contributed by atoms with Crippen LogP contribution in [0.5, 0.6) is 5.75 Å². The molecule has 0 bridgehead atoms. The van der Waals surface area contributed by atoms with E-state index in [1.807, 2.05) is 30.3 Å². The van der Waals surface area contributed by atoms with Crippen molar-refractivity contribution in [1.82, 2.24) is 4.90 Å². The van der Waals surface area contributed by atoms with Gasteiger partial charge in [-0.05, 0) is 62.2 Å². The number of aliphatic hydroxyl groups is 1. The fourth-order valence-corrected chi connectivity index (χ4v) is 3.72. The van der Waals surface area contributed by atoms with E-state index in [0.29, 0.717) is 0 Å². The van der Waals surface area contributed by atoms with Gasteiger partial charge in [-0.15, -0.1) is 0 Å². The summed E-state index contributed by atoms with van der Waals surface area (Å²) in [5, 5.41) is 9.00. The van der Waals surface area contributed by atoms with Crippen molar-refractivity contribution in [2.45, 2.75) is 31.5 Å². The number of para-hydroxylation sites is 1. The number of hydrogen-bond acceptors (Lipinski definition) is 3. The third-order valence-electron chi connectivity index (χ3n) is 5.27. The van der Waals surface area contributed by atoms with Gasteiger partial charge >= 0.3 is 6.18 Å². The molecule has 3 rings (SSSR count). The zero-order chi connectivity index (χ0) is 20.0. The number of aliphatic hydroxyl groups excluding tert-OH is 1. The molecule has 0 aromatic heterocycles. The molecule has 1 aliphatic rings. The number of likely N-dealkylation sites (tertiary alicyclic amines) is 1. The van der Waals surface area contributed by atoms with E-state index in [0.717, 1.165) is 62.3 Å². The summed E-state index contributed by atoms with van der Waals surface area (Å²) in [6, 6.07) is 14.7. The number of piperidine rings is 1. The zero-order valence-corrected chi connectivity index (χ0v) is 15.7. The summed E-state index contributed by atoms with van der Waals surface area (Å²) in [4.78, 5) is 2.32. The van der Waals surface area contributed by atoms with Crippen LogP contribution in [0.25, 0.3) is 0 Å². The molecule has 28 heavy (non-hydrogen) atoms. The van der Waals surface area contributed by atoms with E-state index in [4.69, 9.17) is 9.84 Å². The fraction of sp³-hybridized carbons (Fsp3) is 0.455. The molecule has 0 spiro atoms. The highest BCUT2D eigenvalue weighted by Gasteiger charge is 2.32. The van der Waals surface area contributed by atoms with E-state index in [-0.39, 0.29) is 18.6 Å². The van der Waals surface area contributed by atoms with Crippen molar-refractivity contribution in [1.29, 1.82) is 0 Å². The second-order valence-electron chi connectivity index (χ2n) is 7.23. The van der Waals surface area contributed by atoms with Crippen LogP contribution in [0.15, 0.2) is 54.6 Å². The minimum absolute atomic E-state index is 0.186. The van der Waals surface area contributed by atoms with Crippen LogP contribution in [0, 0.1) is 5.92 Å². The molecule has 1 heterocycles. The van der Waals surface area contributed by atoms with Crippen LogP contribution >= 0.6 is 0 Å². The van der Waals surface area contributed by atoms with E-state index in [9.17, 15) is 13.2 Å². The molecule has 1 saturated heterocycles. The highest BCUT2D eigenvalue weighted by atomic mass is 19.4. The molecule has 1 N–H and O–H groups in total. The standard InChI is InChI=1S/C22H26F3NO2/c23-22(24,25)19-9-7-17(8-10-19)21(28-20-5-2-1-3-6-20)18-11-14-26(15-12-18)13-4-16-27/h1-3,5-10,18,21,27H,4,11-16H2. The maximum absolute atomic E-state index is 12.9. The number of ether oxygens (including phenoxy) is 1. The predicted molar refractivity (Wildman–Crippen MR) is 102 cm³/mol. The van der Waals surface area contributed by atoms with Gasteiger partial charge in [-0.2, -0.15) is 13.2 Å². The normalized spacial score (nSPS) is 17.4. The molecule has 6 heteroatoms. The maximum Gasteiger partial charge on any atom is 0.416 e. The van der Waals surface area contributed by atoms with Crippen molar-refractivity contribution in [3.05, 3.63) is 65.7 Å². The lowest BCUT2D eigenvalue weighted by Crippen LogP contribution is -2.37. The molecule has 1 unspecified atom stereocenters. The van der Waals surface area contributed by atoms with Crippen molar-refractivity contribution in [2.24, 2.45) is 5.92 Å². The van der Waals surface area contributed by atoms with Gasteiger partial charge in [-0.25, -0.2) is 0 Å². The van der Waals surface area contributed by atoms with Gasteiger partial charge in [0, 0.05) is 19.1 Å². The summed E-state index contributed by atoms with van der Waals surface area (Å²) in [5.41, 5.74) is 0.124. The number of nitrogens with zero attached hydrogens (tertiary/aromatic N) is 1. The highest BCUT2D eigenvalue weighted by Crippen LogP contribution is 2.36. The summed E-state index contributed by atoms with van der Waals surface area (Å²) in [6.07, 6.45) is -2.06. The predicted octanol–water partition coefficient (Wildman–Crippen LogP) is 4.92. The van der Waals surface area contributed by atoms with Crippen LogP contribution < -0.4 is 4.74 Å². The van der Waals surface area contributed by atoms with E-state index in [2.05, 4.69) is 4.90 Å². The lowest BCUT2D eigenvalue weighted by Gasteiger charge is -2.36. The Morgan fingerprint density at radius 3 is 2.21 bits per heavy atom. The van der Waals surface area contributed by atoms with E-state index in [1.54, 1.807) is 0 Å². The minimum atomic E-state index is -4.34. The van der Waals surface area contributed by atoms with Gasteiger partial charge in [0.2, 0.25) is 0 Å². The number of halogens is 3. The molecular formula is C22H26F3NO2. The fourth-order valence-electron chi connectivity index (χ4n) is 3.72. The van der Waals surface area contributed by atoms with Gasteiger partial charge in [-0.3, -0.25) is 0 Å². The lowest BCUT2D eigenvalue weighted by molar-refractivity contribution is -0.137. The zero-order valence-electron chi connectivity index (χ0n) is 15.7. The maximum atomic E-state index is 12.9. The number of alkyl halides is 3. The minimum Gasteiger partial charge on any atom is -0.485 e. The molecule has 0 saturated carbocycles. The molecule has 0 amide bonds. The topological polar surface area (TPSA) is 32.7 Å². The molecule has 0 aliphatic carbocycles. The largest absolute Gasteiger partial charge is 0.485 e. The molecule has 1 atom stereocenters. The SMILES string of the molecule is OCCCN1CCC(C(Oc2ccccc2)c2ccc(C(F)(F)F)cc2)CC1. The first kappa shape index (κ1) is 20.7. The highest BCUT2D eigenvalue weighted by molar-refractivity contribution is 5.29. The smallest absolute Gasteiger partial charge is 0.416 e. The van der Waals surface area contributed by atoms with Crippen molar-refractivity contribution >= 4 is 0 Å². The molecule has 1 aliphatic heterocycles. The van der Waals surface area contributed by atoms with Crippen LogP contribution in [0.1, 0.15) is 36.5 Å². The second kappa shape index (κ2) is 9.43. The van der Waals surface area contributed by atoms with Gasteiger partial charge in [-0.1, -0.05) is 30.3 Å². The summed E-state index contributed by atoms with van der Waals surface area (Å²) in [5.74, 6) is 0.942. The Labute approximate surface area is 163 Å². The van der Waals surface area contributed by atoms with Crippen LogP contribution in [-0.2, 0) is 6.18 Å². The average Bonchev–Trinajstić information content (AvgIpc) is 2.71. The van der Waals surface area contributed by atoms with Crippen molar-refractivity contribution in [2.75, 3.05) is 26.2 Å². The summed E-state index contributed by atoms with van der Waals surface area (Å²) in [6.45, 7) is 2.86. The Kier molecular flexibility index (Phi) is 6.97. The molecule has 2 aromatic rings. The van der Waals surface area contributed by atoms with E-state index < -0.39 is 11.7 Å². The van der Waals surface area contributed by atoms with Gasteiger partial charge in [0.05, 0.1) is 5.56 Å². The molecular weight excluding hydrogens is 367 g/mol. The average molecular weight is 393 g/mol. The second-order valence-corrected chi connectivity index (χ2v) is 7.23. The first-order chi connectivity index (χ1) is 13.5. The summed E-state index contributed by atoms with van der Waals surface area (Å²) in [7, 11) is 0.